The lowest BCUT2D eigenvalue weighted by Gasteiger charge is -2.25. The summed E-state index contributed by atoms with van der Waals surface area (Å²) >= 11 is 1.45. The molecular formula is C17H16FNO4S. The Bertz CT molecular complexity index is 734. The van der Waals surface area contributed by atoms with Crippen LogP contribution in [0.1, 0.15) is 23.6 Å². The van der Waals surface area contributed by atoms with Crippen LogP contribution in [0.3, 0.4) is 0 Å². The Balaban J connectivity index is 1.68. The van der Waals surface area contributed by atoms with Crippen molar-refractivity contribution >= 4 is 23.6 Å². The van der Waals surface area contributed by atoms with E-state index >= 15 is 0 Å². The molecule has 1 aliphatic heterocycles. The summed E-state index contributed by atoms with van der Waals surface area (Å²) in [5.41, 5.74) is 0.561. The molecule has 0 spiro atoms. The number of hydrogen-bond acceptors (Lipinski definition) is 5. The summed E-state index contributed by atoms with van der Waals surface area (Å²) < 4.78 is 23.8. The summed E-state index contributed by atoms with van der Waals surface area (Å²) in [7, 11) is 0. The fourth-order valence-corrected chi connectivity index (χ4v) is 4.02. The molecule has 126 valence electrons. The van der Waals surface area contributed by atoms with E-state index in [0.29, 0.717) is 17.1 Å². The fraction of sp³-hybridized carbons (Fsp3) is 0.294. The first-order valence-electron chi connectivity index (χ1n) is 7.41. The summed E-state index contributed by atoms with van der Waals surface area (Å²) in [5.74, 6) is -0.0728. The maximum atomic E-state index is 13.2. The summed E-state index contributed by atoms with van der Waals surface area (Å²) in [6.07, 6.45) is 1.53. The van der Waals surface area contributed by atoms with Gasteiger partial charge in [-0.1, -0.05) is 12.1 Å². The largest absolute Gasteiger partial charge is 0.466 e. The topological polar surface area (TPSA) is 59.8 Å². The van der Waals surface area contributed by atoms with Gasteiger partial charge < -0.3 is 14.1 Å². The molecule has 1 amide bonds. The number of rotatable bonds is 4. The zero-order chi connectivity index (χ0) is 17.1. The number of amides is 1. The van der Waals surface area contributed by atoms with Crippen molar-refractivity contribution in [3.63, 3.8) is 0 Å². The van der Waals surface area contributed by atoms with Gasteiger partial charge in [-0.05, 0) is 29.8 Å². The lowest BCUT2D eigenvalue weighted by molar-refractivity contribution is -0.154. The van der Waals surface area contributed by atoms with Crippen LogP contribution in [-0.2, 0) is 20.9 Å². The molecule has 0 radical (unpaired) electrons. The van der Waals surface area contributed by atoms with Crippen molar-refractivity contribution in [3.05, 3.63) is 59.8 Å². The van der Waals surface area contributed by atoms with Crippen LogP contribution < -0.4 is 0 Å². The number of furan rings is 1. The van der Waals surface area contributed by atoms with E-state index in [1.807, 2.05) is 0 Å². The zero-order valence-electron chi connectivity index (χ0n) is 13.0. The van der Waals surface area contributed by atoms with Gasteiger partial charge in [-0.2, -0.15) is 0 Å². The van der Waals surface area contributed by atoms with Gasteiger partial charge in [-0.15, -0.1) is 11.8 Å². The molecule has 0 unspecified atom stereocenters. The fourth-order valence-electron chi connectivity index (χ4n) is 2.60. The molecule has 0 bridgehead atoms. The third-order valence-corrected chi connectivity index (χ3v) is 4.98. The number of nitrogens with zero attached hydrogens (tertiary/aromatic N) is 1. The van der Waals surface area contributed by atoms with E-state index in [9.17, 15) is 14.0 Å². The quantitative estimate of drug-likeness (QED) is 0.794. The normalized spacial score (nSPS) is 20.2. The van der Waals surface area contributed by atoms with Crippen molar-refractivity contribution in [2.24, 2.45) is 0 Å². The standard InChI is InChI=1S/C17H16FNO4S/c1-11(20)19-14(10-24-16(19)15-6-3-7-22-15)17(21)23-9-12-4-2-5-13(18)8-12/h2-8,14,16H,9-10H2,1H3/t14-,16+/m1/s1. The molecule has 5 nitrogen and oxygen atoms in total. The Hall–Kier alpha value is -2.28. The molecular weight excluding hydrogens is 333 g/mol. The minimum Gasteiger partial charge on any atom is -0.466 e. The number of benzene rings is 1. The van der Waals surface area contributed by atoms with Gasteiger partial charge in [0.1, 0.15) is 29.6 Å². The van der Waals surface area contributed by atoms with Crippen LogP contribution in [0.25, 0.3) is 0 Å². The number of carbonyl (C=O) groups is 2. The van der Waals surface area contributed by atoms with Gasteiger partial charge in [0, 0.05) is 12.7 Å². The molecule has 1 fully saturated rings. The van der Waals surface area contributed by atoms with Crippen molar-refractivity contribution in [1.29, 1.82) is 0 Å². The van der Waals surface area contributed by atoms with Gasteiger partial charge in [0.25, 0.3) is 0 Å². The number of esters is 1. The Labute approximate surface area is 142 Å². The highest BCUT2D eigenvalue weighted by atomic mass is 32.2. The van der Waals surface area contributed by atoms with E-state index in [1.54, 1.807) is 24.3 Å². The highest BCUT2D eigenvalue weighted by Gasteiger charge is 2.43. The van der Waals surface area contributed by atoms with Gasteiger partial charge in [-0.3, -0.25) is 4.79 Å². The van der Waals surface area contributed by atoms with Crippen molar-refractivity contribution in [2.75, 3.05) is 5.75 Å². The molecule has 1 saturated heterocycles. The van der Waals surface area contributed by atoms with Gasteiger partial charge in [0.05, 0.1) is 6.26 Å². The molecule has 2 heterocycles. The SMILES string of the molecule is CC(=O)N1[C@@H](C(=O)OCc2cccc(F)c2)CS[C@H]1c1ccco1. The first-order valence-corrected chi connectivity index (χ1v) is 8.46. The average Bonchev–Trinajstić information content (AvgIpc) is 3.21. The average molecular weight is 349 g/mol. The van der Waals surface area contributed by atoms with Crippen LogP contribution in [0.4, 0.5) is 4.39 Å². The molecule has 2 atom stereocenters. The smallest absolute Gasteiger partial charge is 0.330 e. The van der Waals surface area contributed by atoms with E-state index in [-0.39, 0.29) is 23.7 Å². The number of ether oxygens (including phenoxy) is 1. The summed E-state index contributed by atoms with van der Waals surface area (Å²) in [6.45, 7) is 1.38. The minimum absolute atomic E-state index is 0.0328. The molecule has 1 aliphatic rings. The van der Waals surface area contributed by atoms with E-state index in [1.165, 1.54) is 42.0 Å². The third kappa shape index (κ3) is 3.46. The second-order valence-electron chi connectivity index (χ2n) is 5.38. The number of thioether (sulfide) groups is 1. The molecule has 3 rings (SSSR count). The van der Waals surface area contributed by atoms with Gasteiger partial charge in [-0.25, -0.2) is 9.18 Å². The lowest BCUT2D eigenvalue weighted by atomic mass is 10.2. The minimum atomic E-state index is -0.684. The molecule has 1 aromatic carbocycles. The Morgan fingerprint density at radius 3 is 2.88 bits per heavy atom. The first kappa shape index (κ1) is 16.6. The van der Waals surface area contributed by atoms with Gasteiger partial charge in [0.15, 0.2) is 0 Å². The van der Waals surface area contributed by atoms with Crippen molar-refractivity contribution in [2.45, 2.75) is 24.9 Å². The summed E-state index contributed by atoms with van der Waals surface area (Å²) in [4.78, 5) is 25.8. The molecule has 0 N–H and O–H groups in total. The predicted molar refractivity (Wildman–Crippen MR) is 86.4 cm³/mol. The zero-order valence-corrected chi connectivity index (χ0v) is 13.8. The Morgan fingerprint density at radius 1 is 1.38 bits per heavy atom. The Morgan fingerprint density at radius 2 is 2.21 bits per heavy atom. The van der Waals surface area contributed by atoms with E-state index in [2.05, 4.69) is 0 Å². The number of carbonyl (C=O) groups excluding carboxylic acids is 2. The summed E-state index contributed by atoms with van der Waals surface area (Å²) in [5, 5.41) is -0.343. The van der Waals surface area contributed by atoms with Crippen molar-refractivity contribution in [3.8, 4) is 0 Å². The Kier molecular flexibility index (Phi) is 4.89. The van der Waals surface area contributed by atoms with Crippen LogP contribution >= 0.6 is 11.8 Å². The first-order chi connectivity index (χ1) is 11.6. The van der Waals surface area contributed by atoms with Crippen molar-refractivity contribution in [1.82, 2.24) is 4.90 Å². The van der Waals surface area contributed by atoms with Crippen LogP contribution in [0.15, 0.2) is 47.1 Å². The van der Waals surface area contributed by atoms with Gasteiger partial charge >= 0.3 is 5.97 Å². The summed E-state index contributed by atoms with van der Waals surface area (Å²) in [6, 6.07) is 8.69. The molecule has 24 heavy (non-hydrogen) atoms. The predicted octanol–water partition coefficient (Wildman–Crippen LogP) is 3.12. The lowest BCUT2D eigenvalue weighted by Crippen LogP contribution is -2.42. The second-order valence-corrected chi connectivity index (χ2v) is 6.49. The number of halogens is 1. The maximum Gasteiger partial charge on any atom is 0.330 e. The molecule has 7 heteroatoms. The highest BCUT2D eigenvalue weighted by molar-refractivity contribution is 7.99. The highest BCUT2D eigenvalue weighted by Crippen LogP contribution is 2.41. The third-order valence-electron chi connectivity index (χ3n) is 3.69. The molecule has 1 aromatic heterocycles. The molecule has 2 aromatic rings. The van der Waals surface area contributed by atoms with Crippen molar-refractivity contribution < 1.29 is 23.1 Å². The van der Waals surface area contributed by atoms with Gasteiger partial charge in [0.2, 0.25) is 5.91 Å². The monoisotopic (exact) mass is 349 g/mol. The molecule has 0 saturated carbocycles. The van der Waals surface area contributed by atoms with E-state index in [0.717, 1.165) is 0 Å². The van der Waals surface area contributed by atoms with Crippen LogP contribution in [-0.4, -0.2) is 28.6 Å². The van der Waals surface area contributed by atoms with Crippen LogP contribution in [0.5, 0.6) is 0 Å². The van der Waals surface area contributed by atoms with E-state index in [4.69, 9.17) is 9.15 Å². The maximum absolute atomic E-state index is 13.2. The number of hydrogen-bond donors (Lipinski definition) is 0. The van der Waals surface area contributed by atoms with Crippen LogP contribution in [0.2, 0.25) is 0 Å². The van der Waals surface area contributed by atoms with Crippen LogP contribution in [0, 0.1) is 5.82 Å². The van der Waals surface area contributed by atoms with E-state index < -0.39 is 12.0 Å². The second kappa shape index (κ2) is 7.09. The molecule has 0 aliphatic carbocycles.